The third-order valence-corrected chi connectivity index (χ3v) is 3.58. The maximum Gasteiger partial charge on any atom is 0.255 e. The lowest BCUT2D eigenvalue weighted by atomic mass is 10.1. The SMILES string of the molecule is CC(c1ccccc1Cl)N(C)C(=O)c1ccc(F)nc1. The summed E-state index contributed by atoms with van der Waals surface area (Å²) in [6.07, 6.45) is 1.23. The highest BCUT2D eigenvalue weighted by Gasteiger charge is 2.20. The molecule has 0 radical (unpaired) electrons. The van der Waals surface area contributed by atoms with E-state index in [1.807, 2.05) is 25.1 Å². The number of amides is 1. The van der Waals surface area contributed by atoms with Crippen LogP contribution in [-0.4, -0.2) is 22.8 Å². The third kappa shape index (κ3) is 2.96. The van der Waals surface area contributed by atoms with Crippen LogP contribution in [0.25, 0.3) is 0 Å². The van der Waals surface area contributed by atoms with Crippen LogP contribution >= 0.6 is 11.6 Å². The largest absolute Gasteiger partial charge is 0.335 e. The van der Waals surface area contributed by atoms with Crippen LogP contribution < -0.4 is 0 Å². The van der Waals surface area contributed by atoms with E-state index in [1.165, 1.54) is 18.3 Å². The number of hydrogen-bond donors (Lipinski definition) is 0. The lowest BCUT2D eigenvalue weighted by Crippen LogP contribution is -2.29. The molecule has 2 rings (SSSR count). The van der Waals surface area contributed by atoms with Crippen molar-refractivity contribution in [3.05, 3.63) is 64.7 Å². The summed E-state index contributed by atoms with van der Waals surface area (Å²) in [6.45, 7) is 1.88. The number of rotatable bonds is 3. The topological polar surface area (TPSA) is 33.2 Å². The van der Waals surface area contributed by atoms with Crippen LogP contribution in [0.3, 0.4) is 0 Å². The second-order valence-electron chi connectivity index (χ2n) is 4.48. The molecular weight excluding hydrogens is 279 g/mol. The van der Waals surface area contributed by atoms with Crippen LogP contribution in [0, 0.1) is 5.95 Å². The van der Waals surface area contributed by atoms with Crippen LogP contribution in [0.1, 0.15) is 28.9 Å². The molecule has 1 aromatic heterocycles. The molecule has 0 aliphatic rings. The molecule has 0 aliphatic carbocycles. The van der Waals surface area contributed by atoms with Gasteiger partial charge in [-0.15, -0.1) is 0 Å². The van der Waals surface area contributed by atoms with Gasteiger partial charge in [-0.3, -0.25) is 4.79 Å². The molecule has 1 unspecified atom stereocenters. The first kappa shape index (κ1) is 14.5. The number of nitrogens with zero attached hydrogens (tertiary/aromatic N) is 2. The van der Waals surface area contributed by atoms with Crippen molar-refractivity contribution in [3.8, 4) is 0 Å². The highest BCUT2D eigenvalue weighted by Crippen LogP contribution is 2.27. The highest BCUT2D eigenvalue weighted by atomic mass is 35.5. The molecule has 0 saturated heterocycles. The fourth-order valence-electron chi connectivity index (χ4n) is 1.90. The van der Waals surface area contributed by atoms with Gasteiger partial charge in [-0.1, -0.05) is 29.8 Å². The molecule has 0 saturated carbocycles. The summed E-state index contributed by atoms with van der Waals surface area (Å²) < 4.78 is 12.8. The van der Waals surface area contributed by atoms with Crippen molar-refractivity contribution in [1.29, 1.82) is 0 Å². The van der Waals surface area contributed by atoms with Crippen molar-refractivity contribution < 1.29 is 9.18 Å². The van der Waals surface area contributed by atoms with Gasteiger partial charge in [0.15, 0.2) is 0 Å². The Balaban J connectivity index is 2.22. The zero-order valence-corrected chi connectivity index (χ0v) is 11.9. The summed E-state index contributed by atoms with van der Waals surface area (Å²) in [4.78, 5) is 17.3. The van der Waals surface area contributed by atoms with E-state index in [9.17, 15) is 9.18 Å². The van der Waals surface area contributed by atoms with Crippen molar-refractivity contribution >= 4 is 17.5 Å². The summed E-state index contributed by atoms with van der Waals surface area (Å²) in [5.41, 5.74) is 1.20. The Hall–Kier alpha value is -1.94. The van der Waals surface area contributed by atoms with Gasteiger partial charge in [-0.05, 0) is 30.7 Å². The minimum atomic E-state index is -0.608. The fraction of sp³-hybridized carbons (Fsp3) is 0.200. The molecule has 1 heterocycles. The molecular formula is C15H14ClFN2O. The van der Waals surface area contributed by atoms with E-state index in [-0.39, 0.29) is 11.9 Å². The number of carbonyl (C=O) groups excluding carboxylic acids is 1. The number of aromatic nitrogens is 1. The normalized spacial score (nSPS) is 12.0. The van der Waals surface area contributed by atoms with Gasteiger partial charge in [0, 0.05) is 18.3 Å². The first-order valence-electron chi connectivity index (χ1n) is 6.14. The predicted molar refractivity (Wildman–Crippen MR) is 76.2 cm³/mol. The minimum Gasteiger partial charge on any atom is -0.335 e. The van der Waals surface area contributed by atoms with Crippen molar-refractivity contribution in [1.82, 2.24) is 9.88 Å². The molecule has 1 atom stereocenters. The zero-order chi connectivity index (χ0) is 14.7. The number of carbonyl (C=O) groups is 1. The van der Waals surface area contributed by atoms with E-state index in [2.05, 4.69) is 4.98 Å². The summed E-state index contributed by atoms with van der Waals surface area (Å²) in [6, 6.07) is 9.76. The molecule has 0 aliphatic heterocycles. The van der Waals surface area contributed by atoms with Gasteiger partial charge in [0.25, 0.3) is 5.91 Å². The van der Waals surface area contributed by atoms with Crippen molar-refractivity contribution in [2.24, 2.45) is 0 Å². The van der Waals surface area contributed by atoms with E-state index < -0.39 is 5.95 Å². The van der Waals surface area contributed by atoms with Gasteiger partial charge in [-0.25, -0.2) is 4.98 Å². The second-order valence-corrected chi connectivity index (χ2v) is 4.89. The average molecular weight is 293 g/mol. The highest BCUT2D eigenvalue weighted by molar-refractivity contribution is 6.31. The second kappa shape index (κ2) is 6.01. The van der Waals surface area contributed by atoms with Crippen molar-refractivity contribution in [3.63, 3.8) is 0 Å². The number of benzene rings is 1. The standard InChI is InChI=1S/C15H14ClFN2O/c1-10(12-5-3-4-6-13(12)16)19(2)15(20)11-7-8-14(17)18-9-11/h3-10H,1-2H3. The third-order valence-electron chi connectivity index (χ3n) is 3.23. The summed E-state index contributed by atoms with van der Waals surface area (Å²) >= 11 is 6.13. The molecule has 3 nitrogen and oxygen atoms in total. The Bertz CT molecular complexity index is 616. The van der Waals surface area contributed by atoms with E-state index >= 15 is 0 Å². The Morgan fingerprint density at radius 2 is 2.00 bits per heavy atom. The summed E-state index contributed by atoms with van der Waals surface area (Å²) in [7, 11) is 1.68. The molecule has 1 aromatic carbocycles. The molecule has 5 heteroatoms. The van der Waals surface area contributed by atoms with Crippen LogP contribution in [0.2, 0.25) is 5.02 Å². The quantitative estimate of drug-likeness (QED) is 0.808. The lowest BCUT2D eigenvalue weighted by molar-refractivity contribution is 0.0742. The molecule has 0 bridgehead atoms. The molecule has 20 heavy (non-hydrogen) atoms. The predicted octanol–water partition coefficient (Wildman–Crippen LogP) is 3.71. The van der Waals surface area contributed by atoms with Gasteiger partial charge in [0.1, 0.15) is 0 Å². The van der Waals surface area contributed by atoms with Gasteiger partial charge >= 0.3 is 0 Å². The molecule has 0 fully saturated rings. The smallest absolute Gasteiger partial charge is 0.255 e. The van der Waals surface area contributed by atoms with E-state index in [0.717, 1.165) is 5.56 Å². The van der Waals surface area contributed by atoms with Crippen LogP contribution in [0.15, 0.2) is 42.6 Å². The number of halogens is 2. The number of hydrogen-bond acceptors (Lipinski definition) is 2. The van der Waals surface area contributed by atoms with Crippen molar-refractivity contribution in [2.45, 2.75) is 13.0 Å². The van der Waals surface area contributed by atoms with Crippen LogP contribution in [-0.2, 0) is 0 Å². The minimum absolute atomic E-state index is 0.193. The Morgan fingerprint density at radius 3 is 2.60 bits per heavy atom. The van der Waals surface area contributed by atoms with E-state index in [1.54, 1.807) is 18.0 Å². The number of pyridine rings is 1. The maximum absolute atomic E-state index is 12.8. The maximum atomic E-state index is 12.8. The molecule has 2 aromatic rings. The Kier molecular flexibility index (Phi) is 4.35. The van der Waals surface area contributed by atoms with Gasteiger partial charge < -0.3 is 4.90 Å². The van der Waals surface area contributed by atoms with E-state index in [0.29, 0.717) is 10.6 Å². The monoisotopic (exact) mass is 292 g/mol. The van der Waals surface area contributed by atoms with Gasteiger partial charge in [0.05, 0.1) is 11.6 Å². The first-order valence-corrected chi connectivity index (χ1v) is 6.51. The van der Waals surface area contributed by atoms with Gasteiger partial charge in [0.2, 0.25) is 5.95 Å². The first-order chi connectivity index (χ1) is 9.50. The van der Waals surface area contributed by atoms with E-state index in [4.69, 9.17) is 11.6 Å². The Labute approximate surface area is 122 Å². The molecule has 104 valence electrons. The lowest BCUT2D eigenvalue weighted by Gasteiger charge is -2.26. The molecule has 0 N–H and O–H groups in total. The average Bonchev–Trinajstić information content (AvgIpc) is 2.46. The van der Waals surface area contributed by atoms with Crippen LogP contribution in [0.4, 0.5) is 4.39 Å². The Morgan fingerprint density at radius 1 is 1.30 bits per heavy atom. The van der Waals surface area contributed by atoms with Crippen molar-refractivity contribution in [2.75, 3.05) is 7.05 Å². The molecule has 0 spiro atoms. The fourth-order valence-corrected chi connectivity index (χ4v) is 2.20. The van der Waals surface area contributed by atoms with Gasteiger partial charge in [-0.2, -0.15) is 4.39 Å². The zero-order valence-electron chi connectivity index (χ0n) is 11.2. The molecule has 1 amide bonds. The summed E-state index contributed by atoms with van der Waals surface area (Å²) in [5.74, 6) is -0.840. The van der Waals surface area contributed by atoms with Crippen LogP contribution in [0.5, 0.6) is 0 Å². The summed E-state index contributed by atoms with van der Waals surface area (Å²) in [5, 5.41) is 0.608.